The van der Waals surface area contributed by atoms with Crippen LogP contribution in [-0.4, -0.2) is 28.1 Å². The van der Waals surface area contributed by atoms with Crippen LogP contribution in [0.5, 0.6) is 0 Å². The van der Waals surface area contributed by atoms with Crippen LogP contribution in [0.15, 0.2) is 53.9 Å². The van der Waals surface area contributed by atoms with Gasteiger partial charge in [-0.05, 0) is 11.6 Å². The van der Waals surface area contributed by atoms with Crippen LogP contribution in [0.25, 0.3) is 10.6 Å². The first-order chi connectivity index (χ1) is 12.7. The lowest BCUT2D eigenvalue weighted by atomic mass is 10.1. The van der Waals surface area contributed by atoms with Gasteiger partial charge in [0.1, 0.15) is 10.8 Å². The van der Waals surface area contributed by atoms with E-state index in [9.17, 15) is 9.50 Å². The molecule has 1 heterocycles. The van der Waals surface area contributed by atoms with Crippen LogP contribution in [0.2, 0.25) is 0 Å². The number of rotatable bonds is 8. The van der Waals surface area contributed by atoms with E-state index in [1.165, 1.54) is 17.4 Å². The maximum absolute atomic E-state index is 14.6. The summed E-state index contributed by atoms with van der Waals surface area (Å²) in [6.07, 6.45) is 0. The van der Waals surface area contributed by atoms with Crippen molar-refractivity contribution in [3.8, 4) is 10.6 Å². The summed E-state index contributed by atoms with van der Waals surface area (Å²) in [7, 11) is 0. The van der Waals surface area contributed by atoms with E-state index in [4.69, 9.17) is 11.6 Å². The molecule has 0 amide bonds. The average Bonchev–Trinajstić information content (AvgIpc) is 3.14. The Morgan fingerprint density at radius 2 is 1.92 bits per heavy atom. The van der Waals surface area contributed by atoms with E-state index in [0.717, 1.165) is 21.8 Å². The molecule has 0 aliphatic rings. The number of benzene rings is 2. The van der Waals surface area contributed by atoms with Gasteiger partial charge in [-0.15, -0.1) is 22.9 Å². The van der Waals surface area contributed by atoms with E-state index in [1.54, 1.807) is 6.07 Å². The van der Waals surface area contributed by atoms with Crippen molar-refractivity contribution in [2.45, 2.75) is 19.0 Å². The van der Waals surface area contributed by atoms with Gasteiger partial charge in [-0.3, -0.25) is 4.90 Å². The summed E-state index contributed by atoms with van der Waals surface area (Å²) in [6, 6.07) is 15.2. The number of hydrogen-bond donors (Lipinski definition) is 1. The highest BCUT2D eigenvalue weighted by Crippen LogP contribution is 2.26. The van der Waals surface area contributed by atoms with Crippen molar-refractivity contribution in [1.82, 2.24) is 9.88 Å². The first-order valence-corrected chi connectivity index (χ1v) is 9.77. The maximum Gasteiger partial charge on any atom is 0.128 e. The summed E-state index contributed by atoms with van der Waals surface area (Å²) in [5.41, 5.74) is 3.29. The molecule has 0 aliphatic heterocycles. The summed E-state index contributed by atoms with van der Waals surface area (Å²) in [5, 5.41) is 12.0. The van der Waals surface area contributed by atoms with E-state index in [1.807, 2.05) is 46.7 Å². The Morgan fingerprint density at radius 1 is 1.12 bits per heavy atom. The normalized spacial score (nSPS) is 11.2. The van der Waals surface area contributed by atoms with Gasteiger partial charge in [0.15, 0.2) is 0 Å². The lowest BCUT2D eigenvalue weighted by Crippen LogP contribution is -2.26. The van der Waals surface area contributed by atoms with Gasteiger partial charge in [-0.1, -0.05) is 42.5 Å². The minimum absolute atomic E-state index is 0.0346. The minimum Gasteiger partial charge on any atom is -0.395 e. The summed E-state index contributed by atoms with van der Waals surface area (Å²) < 4.78 is 14.6. The largest absolute Gasteiger partial charge is 0.395 e. The summed E-state index contributed by atoms with van der Waals surface area (Å²) in [4.78, 5) is 6.42. The number of nitrogens with zero attached hydrogens (tertiary/aromatic N) is 2. The Balaban J connectivity index is 1.75. The third-order valence-corrected chi connectivity index (χ3v) is 5.26. The van der Waals surface area contributed by atoms with Crippen LogP contribution >= 0.6 is 22.9 Å². The SMILES string of the molecule is OCCN(Cc1ccccc1)Cc1ccc(-c2nc(CCl)cs2)cc1F. The number of halogens is 2. The molecule has 0 unspecified atom stereocenters. The molecule has 3 nitrogen and oxygen atoms in total. The van der Waals surface area contributed by atoms with Gasteiger partial charge in [-0.25, -0.2) is 9.37 Å². The fourth-order valence-corrected chi connectivity index (χ4v) is 3.79. The van der Waals surface area contributed by atoms with Crippen LogP contribution in [0, 0.1) is 5.82 Å². The lowest BCUT2D eigenvalue weighted by molar-refractivity contribution is 0.183. The topological polar surface area (TPSA) is 36.4 Å². The number of alkyl halides is 1. The zero-order chi connectivity index (χ0) is 18.4. The van der Waals surface area contributed by atoms with Gasteiger partial charge in [0.05, 0.1) is 18.2 Å². The number of hydrogen-bond acceptors (Lipinski definition) is 4. The minimum atomic E-state index is -0.263. The smallest absolute Gasteiger partial charge is 0.128 e. The molecule has 0 spiro atoms. The third-order valence-electron chi connectivity index (χ3n) is 4.05. The van der Waals surface area contributed by atoms with Crippen molar-refractivity contribution in [3.05, 3.63) is 76.5 Å². The highest BCUT2D eigenvalue weighted by atomic mass is 35.5. The molecule has 3 rings (SSSR count). The monoisotopic (exact) mass is 390 g/mol. The van der Waals surface area contributed by atoms with Crippen LogP contribution in [0.1, 0.15) is 16.8 Å². The Labute approximate surface area is 161 Å². The van der Waals surface area contributed by atoms with Crippen molar-refractivity contribution in [2.24, 2.45) is 0 Å². The van der Waals surface area contributed by atoms with Crippen molar-refractivity contribution < 1.29 is 9.50 Å². The summed E-state index contributed by atoms with van der Waals surface area (Å²) in [6.45, 7) is 1.62. The molecule has 1 N–H and O–H groups in total. The van der Waals surface area contributed by atoms with E-state index in [2.05, 4.69) is 4.98 Å². The van der Waals surface area contributed by atoms with E-state index in [-0.39, 0.29) is 12.4 Å². The first-order valence-electron chi connectivity index (χ1n) is 8.36. The highest BCUT2D eigenvalue weighted by Gasteiger charge is 2.12. The molecule has 136 valence electrons. The molecule has 0 bridgehead atoms. The molecule has 2 aromatic carbocycles. The van der Waals surface area contributed by atoms with E-state index in [0.29, 0.717) is 31.1 Å². The summed E-state index contributed by atoms with van der Waals surface area (Å²) >= 11 is 7.24. The molecule has 0 fully saturated rings. The Hall–Kier alpha value is -1.79. The standard InChI is InChI=1S/C20H20ClFN2OS/c21-11-18-14-26-20(23-18)16-6-7-17(19(22)10-16)13-24(8-9-25)12-15-4-2-1-3-5-15/h1-7,10,14,25H,8-9,11-13H2. The van der Waals surface area contributed by atoms with Crippen LogP contribution in [0.3, 0.4) is 0 Å². The second kappa shape index (κ2) is 9.24. The van der Waals surface area contributed by atoms with Crippen molar-refractivity contribution in [1.29, 1.82) is 0 Å². The zero-order valence-corrected chi connectivity index (χ0v) is 15.8. The average molecular weight is 391 g/mol. The lowest BCUT2D eigenvalue weighted by Gasteiger charge is -2.22. The van der Waals surface area contributed by atoms with Crippen molar-refractivity contribution >= 4 is 22.9 Å². The van der Waals surface area contributed by atoms with Crippen LogP contribution in [0.4, 0.5) is 4.39 Å². The predicted octanol–water partition coefficient (Wildman–Crippen LogP) is 4.68. The Kier molecular flexibility index (Phi) is 6.74. The van der Waals surface area contributed by atoms with Gasteiger partial charge < -0.3 is 5.11 Å². The van der Waals surface area contributed by atoms with Crippen molar-refractivity contribution in [2.75, 3.05) is 13.2 Å². The number of aromatic nitrogens is 1. The first kappa shape index (κ1) is 19.0. The molecule has 0 aliphatic carbocycles. The molecule has 1 aromatic heterocycles. The van der Waals surface area contributed by atoms with Crippen molar-refractivity contribution in [3.63, 3.8) is 0 Å². The quantitative estimate of drug-likeness (QED) is 0.567. The Bertz CT molecular complexity index is 841. The van der Waals surface area contributed by atoms with Gasteiger partial charge in [-0.2, -0.15) is 0 Å². The van der Waals surface area contributed by atoms with E-state index < -0.39 is 0 Å². The molecule has 6 heteroatoms. The molecule has 0 saturated carbocycles. The van der Waals surface area contributed by atoms with Gasteiger partial charge in [0.25, 0.3) is 0 Å². The molecule has 0 radical (unpaired) electrons. The molecule has 0 saturated heterocycles. The number of aliphatic hydroxyl groups excluding tert-OH is 1. The predicted molar refractivity (Wildman–Crippen MR) is 105 cm³/mol. The second-order valence-corrected chi connectivity index (χ2v) is 7.13. The molecule has 0 atom stereocenters. The fraction of sp³-hybridized carbons (Fsp3) is 0.250. The van der Waals surface area contributed by atoms with Gasteiger partial charge in [0, 0.05) is 36.1 Å². The molecular formula is C20H20ClFN2OS. The Morgan fingerprint density at radius 3 is 2.58 bits per heavy atom. The van der Waals surface area contributed by atoms with Crippen LogP contribution < -0.4 is 0 Å². The van der Waals surface area contributed by atoms with Crippen LogP contribution in [-0.2, 0) is 19.0 Å². The fourth-order valence-electron chi connectivity index (χ4n) is 2.75. The molecular weight excluding hydrogens is 371 g/mol. The summed E-state index contributed by atoms with van der Waals surface area (Å²) in [5.74, 6) is 0.0910. The molecule has 3 aromatic rings. The van der Waals surface area contributed by atoms with Gasteiger partial charge >= 0.3 is 0 Å². The zero-order valence-electron chi connectivity index (χ0n) is 14.2. The number of aliphatic hydroxyl groups is 1. The van der Waals surface area contributed by atoms with Gasteiger partial charge in [0.2, 0.25) is 0 Å². The third kappa shape index (κ3) is 4.89. The second-order valence-electron chi connectivity index (χ2n) is 6.00. The maximum atomic E-state index is 14.6. The molecule has 26 heavy (non-hydrogen) atoms. The number of thiazole rings is 1. The highest BCUT2D eigenvalue weighted by molar-refractivity contribution is 7.13. The van der Waals surface area contributed by atoms with E-state index >= 15 is 0 Å².